The number of amides is 3. The Morgan fingerprint density at radius 1 is 1.04 bits per heavy atom. The van der Waals surface area contributed by atoms with Gasteiger partial charge in [0.2, 0.25) is 5.78 Å². The monoisotopic (exact) mass is 647 g/mol. The molecule has 47 heavy (non-hydrogen) atoms. The van der Waals surface area contributed by atoms with E-state index in [0.717, 1.165) is 0 Å². The summed E-state index contributed by atoms with van der Waals surface area (Å²) in [6, 6.07) is 6.13. The number of phenolic OH excluding ortho intramolecular Hbond substituents is 1. The fraction of sp³-hybridized carbons (Fsp3) is 0.364. The summed E-state index contributed by atoms with van der Waals surface area (Å²) in [4.78, 5) is 67.0. The van der Waals surface area contributed by atoms with Gasteiger partial charge >= 0.3 is 6.03 Å². The van der Waals surface area contributed by atoms with E-state index in [2.05, 4.69) is 10.6 Å². The van der Waals surface area contributed by atoms with E-state index >= 15 is 0 Å². The molecule has 1 fully saturated rings. The smallest absolute Gasteiger partial charge is 0.319 e. The first kappa shape index (κ1) is 33.2. The van der Waals surface area contributed by atoms with Crippen molar-refractivity contribution >= 4 is 46.4 Å². The summed E-state index contributed by atoms with van der Waals surface area (Å²) in [6.07, 6.45) is 0.0936. The molecule has 14 heteroatoms. The number of urea groups is 1. The number of fused-ring (bicyclic) bond motifs is 3. The number of likely N-dealkylation sites (N-methyl/N-ethyl adjacent to an activating group) is 1. The molecule has 3 aliphatic rings. The maximum absolute atomic E-state index is 14.1. The standard InChI is InChI=1S/C33H37N5O9/c1-14(39)15-6-8-18(9-7-15)36-32(46)35-13-17-12-21(37(2)3)19-10-16-11-20-25(38(4)5)28(42)24(31(34)45)30(44)33(20,47)29(43)22(16)27(41)23(19)26(17)40/h6-9,12,16,20,25,40-41,44,47H,10-11,13H2,1-5H3,(H2,34,45)(H2,35,36,46)/t16?,20?,25-,33-/m0/s1. The van der Waals surface area contributed by atoms with E-state index in [1.807, 2.05) is 0 Å². The molecular formula is C33H37N5O9. The van der Waals surface area contributed by atoms with Gasteiger partial charge in [-0.15, -0.1) is 0 Å². The van der Waals surface area contributed by atoms with Crippen LogP contribution in [0.2, 0.25) is 0 Å². The molecule has 3 aliphatic carbocycles. The van der Waals surface area contributed by atoms with Gasteiger partial charge in [-0.05, 0) is 75.7 Å². The Labute approximate surface area is 270 Å². The largest absolute Gasteiger partial charge is 0.508 e. The van der Waals surface area contributed by atoms with E-state index in [1.165, 1.54) is 25.9 Å². The molecule has 2 aromatic rings. The van der Waals surface area contributed by atoms with Crippen molar-refractivity contribution in [3.05, 3.63) is 69.5 Å². The molecule has 248 valence electrons. The number of carbonyl (C=O) groups excluding carboxylic acids is 5. The summed E-state index contributed by atoms with van der Waals surface area (Å²) >= 11 is 0. The van der Waals surface area contributed by atoms with Crippen molar-refractivity contribution in [3.8, 4) is 5.75 Å². The zero-order valence-electron chi connectivity index (χ0n) is 26.5. The molecule has 4 atom stereocenters. The summed E-state index contributed by atoms with van der Waals surface area (Å²) in [7, 11) is 6.57. The van der Waals surface area contributed by atoms with Crippen LogP contribution in [0.1, 0.15) is 40.4 Å². The number of nitrogens with zero attached hydrogens (tertiary/aromatic N) is 2. The Bertz CT molecular complexity index is 1790. The second-order valence-electron chi connectivity index (χ2n) is 12.6. The number of hydrogen-bond acceptors (Lipinski definition) is 11. The van der Waals surface area contributed by atoms with Crippen LogP contribution < -0.4 is 21.3 Å². The van der Waals surface area contributed by atoms with E-state index in [1.54, 1.807) is 49.3 Å². The van der Waals surface area contributed by atoms with E-state index in [0.29, 0.717) is 22.5 Å². The van der Waals surface area contributed by atoms with Crippen molar-refractivity contribution in [1.29, 1.82) is 0 Å². The number of nitrogens with one attached hydrogen (secondary N) is 2. The fourth-order valence-corrected chi connectivity index (χ4v) is 7.02. The first-order chi connectivity index (χ1) is 22.0. The SMILES string of the molecule is CC(=O)c1ccc(NC(=O)NCc2cc(N(C)C)c3c(c2O)C(O)=C2C(=O)[C@]4(O)C(O)=C(C(N)=O)C(=O)[C@@H](N(C)C)C4CC2C3)cc1. The van der Waals surface area contributed by atoms with E-state index < -0.39 is 69.8 Å². The normalized spacial score (nSPS) is 23.6. The quantitative estimate of drug-likeness (QED) is 0.169. The summed E-state index contributed by atoms with van der Waals surface area (Å²) in [6.45, 7) is 1.24. The summed E-state index contributed by atoms with van der Waals surface area (Å²) in [5, 5.41) is 51.2. The van der Waals surface area contributed by atoms with Crippen molar-refractivity contribution in [2.75, 3.05) is 38.4 Å². The van der Waals surface area contributed by atoms with Crippen LogP contribution in [0.3, 0.4) is 0 Å². The highest BCUT2D eigenvalue weighted by molar-refractivity contribution is 6.24. The number of Topliss-reactive ketones (excluding diaryl/α,β-unsaturated/α-hetero) is 3. The van der Waals surface area contributed by atoms with Crippen LogP contribution in [-0.4, -0.2) is 94.4 Å². The average Bonchev–Trinajstić information content (AvgIpc) is 2.98. The van der Waals surface area contributed by atoms with Gasteiger partial charge in [-0.2, -0.15) is 0 Å². The molecule has 0 bridgehead atoms. The Morgan fingerprint density at radius 2 is 1.68 bits per heavy atom. The Balaban J connectivity index is 1.54. The molecule has 14 nitrogen and oxygen atoms in total. The van der Waals surface area contributed by atoms with Gasteiger partial charge in [0.25, 0.3) is 5.91 Å². The minimum Gasteiger partial charge on any atom is -0.508 e. The molecule has 1 saturated carbocycles. The lowest BCUT2D eigenvalue weighted by Gasteiger charge is -2.50. The molecule has 2 unspecified atom stereocenters. The second kappa shape index (κ2) is 11.9. The van der Waals surface area contributed by atoms with Gasteiger partial charge in [-0.25, -0.2) is 4.79 Å². The van der Waals surface area contributed by atoms with Crippen molar-refractivity contribution < 1.29 is 44.4 Å². The third kappa shape index (κ3) is 5.28. The van der Waals surface area contributed by atoms with E-state index in [9.17, 15) is 44.4 Å². The minimum absolute atomic E-state index is 0.0315. The average molecular weight is 648 g/mol. The zero-order chi connectivity index (χ0) is 34.7. The highest BCUT2D eigenvalue weighted by atomic mass is 16.3. The number of aliphatic hydroxyl groups is 3. The first-order valence-electron chi connectivity index (χ1n) is 14.9. The zero-order valence-corrected chi connectivity index (χ0v) is 26.5. The fourth-order valence-electron chi connectivity index (χ4n) is 7.02. The number of phenols is 1. The number of nitrogens with two attached hydrogens (primary N) is 1. The van der Waals surface area contributed by atoms with Gasteiger partial charge in [0.15, 0.2) is 17.2 Å². The third-order valence-corrected chi connectivity index (χ3v) is 9.25. The number of hydrogen-bond donors (Lipinski definition) is 7. The van der Waals surface area contributed by atoms with Crippen LogP contribution in [0.4, 0.5) is 16.2 Å². The molecule has 0 aliphatic heterocycles. The summed E-state index contributed by atoms with van der Waals surface area (Å²) in [5.74, 6) is -7.47. The highest BCUT2D eigenvalue weighted by Crippen LogP contribution is 2.54. The predicted molar refractivity (Wildman–Crippen MR) is 171 cm³/mol. The number of ketones is 3. The number of carbonyl (C=O) groups is 5. The van der Waals surface area contributed by atoms with Crippen LogP contribution in [0, 0.1) is 11.8 Å². The van der Waals surface area contributed by atoms with E-state index in [-0.39, 0.29) is 41.9 Å². The van der Waals surface area contributed by atoms with Gasteiger partial charge in [0.1, 0.15) is 22.8 Å². The molecule has 0 spiro atoms. The number of benzene rings is 2. The Kier molecular flexibility index (Phi) is 8.37. The van der Waals surface area contributed by atoms with Crippen LogP contribution in [0.5, 0.6) is 5.75 Å². The topological polar surface area (TPSA) is 223 Å². The molecule has 3 amide bonds. The van der Waals surface area contributed by atoms with Crippen molar-refractivity contribution in [1.82, 2.24) is 10.2 Å². The first-order valence-corrected chi connectivity index (χ1v) is 14.9. The number of primary amides is 1. The summed E-state index contributed by atoms with van der Waals surface area (Å²) < 4.78 is 0. The molecule has 0 heterocycles. The maximum atomic E-state index is 14.1. The minimum atomic E-state index is -2.75. The van der Waals surface area contributed by atoms with Gasteiger partial charge < -0.3 is 41.7 Å². The number of anilines is 2. The van der Waals surface area contributed by atoms with Gasteiger partial charge in [-0.1, -0.05) is 0 Å². The van der Waals surface area contributed by atoms with Crippen LogP contribution >= 0.6 is 0 Å². The number of aliphatic hydroxyl groups excluding tert-OH is 2. The number of rotatable bonds is 7. The van der Waals surface area contributed by atoms with Crippen LogP contribution in [0.25, 0.3) is 5.76 Å². The molecule has 8 N–H and O–H groups in total. The van der Waals surface area contributed by atoms with Crippen molar-refractivity contribution in [2.24, 2.45) is 17.6 Å². The molecule has 0 aromatic heterocycles. The lowest BCUT2D eigenvalue weighted by Crippen LogP contribution is -2.65. The number of aromatic hydroxyl groups is 1. The lowest BCUT2D eigenvalue weighted by atomic mass is 9.57. The Hall–Kier alpha value is -5.21. The van der Waals surface area contributed by atoms with E-state index in [4.69, 9.17) is 5.73 Å². The lowest BCUT2D eigenvalue weighted by molar-refractivity contribution is -0.153. The van der Waals surface area contributed by atoms with Crippen molar-refractivity contribution in [3.63, 3.8) is 0 Å². The molecule has 2 aromatic carbocycles. The van der Waals surface area contributed by atoms with Crippen LogP contribution in [-0.2, 0) is 27.3 Å². The van der Waals surface area contributed by atoms with Gasteiger partial charge in [0.05, 0.1) is 11.6 Å². The van der Waals surface area contributed by atoms with Crippen molar-refractivity contribution in [2.45, 2.75) is 38.0 Å². The summed E-state index contributed by atoms with van der Waals surface area (Å²) in [5.41, 5.74) is 3.60. The van der Waals surface area contributed by atoms with Crippen LogP contribution in [0.15, 0.2) is 47.2 Å². The molecule has 0 radical (unpaired) electrons. The maximum Gasteiger partial charge on any atom is 0.319 e. The molecule has 0 saturated heterocycles. The van der Waals surface area contributed by atoms with Gasteiger partial charge in [-0.3, -0.25) is 24.1 Å². The second-order valence-corrected chi connectivity index (χ2v) is 12.6. The Morgan fingerprint density at radius 3 is 2.23 bits per heavy atom. The third-order valence-electron chi connectivity index (χ3n) is 9.25. The predicted octanol–water partition coefficient (Wildman–Crippen LogP) is 1.55. The van der Waals surface area contributed by atoms with Gasteiger partial charge in [0, 0.05) is 54.6 Å². The highest BCUT2D eigenvalue weighted by Gasteiger charge is 2.64. The molecular weight excluding hydrogens is 610 g/mol. The molecule has 5 rings (SSSR count).